The number of fused-ring (bicyclic) bond motifs is 1. The first-order valence-electron chi connectivity index (χ1n) is 17.5. The van der Waals surface area contributed by atoms with Crippen molar-refractivity contribution in [1.82, 2.24) is 20.7 Å². The van der Waals surface area contributed by atoms with Crippen molar-refractivity contribution in [3.8, 4) is 22.8 Å². The summed E-state index contributed by atoms with van der Waals surface area (Å²) >= 11 is 0. The molecule has 1 heterocycles. The molecule has 0 unspecified atom stereocenters. The normalized spacial score (nSPS) is 19.1. The summed E-state index contributed by atoms with van der Waals surface area (Å²) in [5, 5.41) is 14.5. The van der Waals surface area contributed by atoms with Crippen molar-refractivity contribution in [3.63, 3.8) is 0 Å². The van der Waals surface area contributed by atoms with E-state index in [0.717, 1.165) is 30.2 Å². The standard InChI is InChI=1S/C39H48N4O8/c1-6-7-8-9-13-20-43(42-37(48)51-38(2,3)4)35(45)30-22-27(21-29(30)34(44)41-39(18-19-39)36(46)47)50-33-24-31(25-14-11-10-12-15-25)40-32-23-26(49-5)16-17-28(32)33/h6,10-12,14-17,23-24,27,29-30H,1,7-9,13,18-22H2,2-5H3,(H,41,44)(H,42,48)(H,46,47)/t27-,29-,30-/m1/s1. The molecule has 2 saturated carbocycles. The molecule has 12 heteroatoms. The van der Waals surface area contributed by atoms with E-state index in [0.29, 0.717) is 42.0 Å². The number of unbranched alkanes of at least 4 members (excludes halogenated alkanes) is 3. The number of amides is 3. The monoisotopic (exact) mass is 700 g/mol. The Morgan fingerprint density at radius 2 is 1.75 bits per heavy atom. The number of carboxylic acids is 1. The number of carbonyl (C=O) groups is 4. The van der Waals surface area contributed by atoms with Crippen LogP contribution in [-0.4, -0.2) is 69.9 Å². The first-order chi connectivity index (χ1) is 24.3. The highest BCUT2D eigenvalue weighted by Crippen LogP contribution is 2.41. The van der Waals surface area contributed by atoms with Crippen LogP contribution < -0.4 is 20.2 Å². The third kappa shape index (κ3) is 9.36. The van der Waals surface area contributed by atoms with Crippen LogP contribution in [0.2, 0.25) is 0 Å². The largest absolute Gasteiger partial charge is 0.497 e. The minimum Gasteiger partial charge on any atom is -0.497 e. The van der Waals surface area contributed by atoms with Gasteiger partial charge in [-0.3, -0.25) is 14.6 Å². The summed E-state index contributed by atoms with van der Waals surface area (Å²) in [5.74, 6) is -2.78. The predicted octanol–water partition coefficient (Wildman–Crippen LogP) is 6.43. The molecule has 3 amide bonds. The van der Waals surface area contributed by atoms with Crippen LogP contribution in [0.15, 0.2) is 67.3 Å². The highest BCUT2D eigenvalue weighted by molar-refractivity contribution is 5.94. The zero-order valence-electron chi connectivity index (χ0n) is 29.8. The molecule has 0 bridgehead atoms. The number of carbonyl (C=O) groups excluding carboxylic acids is 3. The van der Waals surface area contributed by atoms with E-state index in [-0.39, 0.29) is 19.4 Å². The van der Waals surface area contributed by atoms with Crippen LogP contribution in [0.1, 0.15) is 72.1 Å². The van der Waals surface area contributed by atoms with Crippen LogP contribution in [0, 0.1) is 11.8 Å². The molecule has 2 aromatic carbocycles. The number of nitrogens with zero attached hydrogens (tertiary/aromatic N) is 2. The van der Waals surface area contributed by atoms with E-state index in [1.165, 1.54) is 5.01 Å². The molecular formula is C39H48N4O8. The number of aromatic nitrogens is 1. The van der Waals surface area contributed by atoms with Crippen LogP contribution in [0.3, 0.4) is 0 Å². The highest BCUT2D eigenvalue weighted by atomic mass is 16.6. The molecule has 3 aromatic rings. The second-order valence-corrected chi connectivity index (χ2v) is 14.3. The Morgan fingerprint density at radius 3 is 2.39 bits per heavy atom. The van der Waals surface area contributed by atoms with Gasteiger partial charge >= 0.3 is 12.1 Å². The zero-order chi connectivity index (χ0) is 36.8. The number of rotatable bonds is 14. The Bertz CT molecular complexity index is 1750. The fourth-order valence-electron chi connectivity index (χ4n) is 6.40. The topological polar surface area (TPSA) is 156 Å². The number of methoxy groups -OCH3 is 1. The fraction of sp³-hybridized carbons (Fsp3) is 0.462. The molecule has 51 heavy (non-hydrogen) atoms. The van der Waals surface area contributed by atoms with Crippen molar-refractivity contribution in [2.45, 2.75) is 89.4 Å². The number of hydrogen-bond donors (Lipinski definition) is 3. The van der Waals surface area contributed by atoms with Gasteiger partial charge in [0.25, 0.3) is 0 Å². The van der Waals surface area contributed by atoms with Crippen molar-refractivity contribution in [1.29, 1.82) is 0 Å². The molecule has 5 rings (SSSR count). The van der Waals surface area contributed by atoms with Gasteiger partial charge in [0.1, 0.15) is 28.7 Å². The van der Waals surface area contributed by atoms with Crippen molar-refractivity contribution in [2.75, 3.05) is 13.7 Å². The van der Waals surface area contributed by atoms with Crippen molar-refractivity contribution >= 4 is 34.8 Å². The summed E-state index contributed by atoms with van der Waals surface area (Å²) in [6, 6.07) is 17.0. The van der Waals surface area contributed by atoms with Gasteiger partial charge in [-0.15, -0.1) is 6.58 Å². The minimum absolute atomic E-state index is 0.151. The minimum atomic E-state index is -1.34. The zero-order valence-corrected chi connectivity index (χ0v) is 29.8. The Kier molecular flexibility index (Phi) is 11.5. The first kappa shape index (κ1) is 37.1. The quantitative estimate of drug-likeness (QED) is 0.0980. The van der Waals surface area contributed by atoms with Crippen LogP contribution in [-0.2, 0) is 19.1 Å². The molecule has 2 aliphatic rings. The van der Waals surface area contributed by atoms with Crippen molar-refractivity contribution in [3.05, 3.63) is 67.3 Å². The second kappa shape index (κ2) is 15.8. The molecule has 3 atom stereocenters. The number of carboxylic acid groups (broad SMARTS) is 1. The number of pyridine rings is 1. The number of allylic oxidation sites excluding steroid dienone is 1. The third-order valence-electron chi connectivity index (χ3n) is 9.22. The summed E-state index contributed by atoms with van der Waals surface area (Å²) in [7, 11) is 1.58. The van der Waals surface area contributed by atoms with Crippen LogP contribution >= 0.6 is 0 Å². The van der Waals surface area contributed by atoms with E-state index >= 15 is 0 Å². The number of aliphatic carboxylic acids is 1. The maximum Gasteiger partial charge on any atom is 0.426 e. The average molecular weight is 701 g/mol. The van der Waals surface area contributed by atoms with Crippen LogP contribution in [0.25, 0.3) is 22.2 Å². The van der Waals surface area contributed by atoms with Crippen molar-refractivity contribution < 1.29 is 38.5 Å². The molecule has 2 fully saturated rings. The lowest BCUT2D eigenvalue weighted by atomic mass is 9.93. The maximum atomic E-state index is 14.4. The molecule has 0 spiro atoms. The maximum absolute atomic E-state index is 14.4. The Labute approximate surface area is 298 Å². The average Bonchev–Trinajstić information content (AvgIpc) is 3.76. The van der Waals surface area contributed by atoms with E-state index in [4.69, 9.17) is 19.2 Å². The number of hydrogen-bond acceptors (Lipinski definition) is 8. The van der Waals surface area contributed by atoms with Gasteiger partial charge in [-0.25, -0.2) is 20.0 Å². The molecular weight excluding hydrogens is 652 g/mol. The Morgan fingerprint density at radius 1 is 1.02 bits per heavy atom. The third-order valence-corrected chi connectivity index (χ3v) is 9.22. The number of hydrazine groups is 1. The molecule has 12 nitrogen and oxygen atoms in total. The van der Waals surface area contributed by atoms with Crippen LogP contribution in [0.5, 0.6) is 11.5 Å². The van der Waals surface area contributed by atoms with E-state index in [2.05, 4.69) is 17.3 Å². The lowest BCUT2D eigenvalue weighted by Gasteiger charge is -2.30. The first-order valence-corrected chi connectivity index (χ1v) is 17.5. The summed E-state index contributed by atoms with van der Waals surface area (Å²) < 4.78 is 17.6. The predicted molar refractivity (Wildman–Crippen MR) is 192 cm³/mol. The molecule has 3 N–H and O–H groups in total. The summed E-state index contributed by atoms with van der Waals surface area (Å²) in [5.41, 5.74) is 2.68. The van der Waals surface area contributed by atoms with Gasteiger partial charge < -0.3 is 24.6 Å². The number of nitrogens with one attached hydrogen (secondary N) is 2. The molecule has 2 aliphatic carbocycles. The van der Waals surface area contributed by atoms with Gasteiger partial charge in [0.05, 0.1) is 30.2 Å². The van der Waals surface area contributed by atoms with Gasteiger partial charge in [0, 0.05) is 29.6 Å². The Balaban J connectivity index is 1.46. The molecule has 0 saturated heterocycles. The molecule has 0 aliphatic heterocycles. The lowest BCUT2D eigenvalue weighted by molar-refractivity contribution is -0.146. The SMILES string of the molecule is C=CCCCCCN(NC(=O)OC(C)(C)C)C(=O)[C@@H]1C[C@H](Oc2cc(-c3ccccc3)nc3cc(OC)ccc23)C[C@H]1C(=O)NC1(C(=O)O)CC1. The fourth-order valence-corrected chi connectivity index (χ4v) is 6.40. The van der Waals surface area contributed by atoms with E-state index in [9.17, 15) is 24.3 Å². The highest BCUT2D eigenvalue weighted by Gasteiger charge is 2.54. The van der Waals surface area contributed by atoms with Crippen molar-refractivity contribution in [2.24, 2.45) is 11.8 Å². The summed E-state index contributed by atoms with van der Waals surface area (Å²) in [6.07, 6.45) is 4.45. The molecule has 1 aromatic heterocycles. The van der Waals surface area contributed by atoms with E-state index < -0.39 is 53.0 Å². The molecule has 0 radical (unpaired) electrons. The Hall–Kier alpha value is -5.13. The van der Waals surface area contributed by atoms with Gasteiger partial charge in [0.2, 0.25) is 11.8 Å². The van der Waals surface area contributed by atoms with Gasteiger partial charge in [-0.2, -0.15) is 0 Å². The van der Waals surface area contributed by atoms with Gasteiger partial charge in [-0.1, -0.05) is 42.8 Å². The van der Waals surface area contributed by atoms with E-state index in [1.54, 1.807) is 27.9 Å². The lowest BCUT2D eigenvalue weighted by Crippen LogP contribution is -2.53. The molecule has 272 valence electrons. The number of benzene rings is 2. The summed E-state index contributed by atoms with van der Waals surface area (Å²) in [6.45, 7) is 9.14. The van der Waals surface area contributed by atoms with Gasteiger partial charge in [0.15, 0.2) is 0 Å². The van der Waals surface area contributed by atoms with Gasteiger partial charge in [-0.05, 0) is 77.8 Å². The van der Waals surface area contributed by atoms with Crippen LogP contribution in [0.4, 0.5) is 4.79 Å². The smallest absolute Gasteiger partial charge is 0.426 e. The van der Waals surface area contributed by atoms with E-state index in [1.807, 2.05) is 60.7 Å². The summed E-state index contributed by atoms with van der Waals surface area (Å²) in [4.78, 5) is 58.0. The second-order valence-electron chi connectivity index (χ2n) is 14.3. The number of ether oxygens (including phenoxy) is 3.